The molecule has 0 saturated carbocycles. The van der Waals surface area contributed by atoms with Crippen molar-refractivity contribution in [2.45, 2.75) is 6.54 Å². The lowest BCUT2D eigenvalue weighted by Gasteiger charge is -2.11. The summed E-state index contributed by atoms with van der Waals surface area (Å²) in [7, 11) is 1.63. The molecule has 7 nitrogen and oxygen atoms in total. The molecule has 158 valence electrons. The van der Waals surface area contributed by atoms with Crippen LogP contribution in [-0.4, -0.2) is 32.8 Å². The van der Waals surface area contributed by atoms with Crippen LogP contribution in [0.1, 0.15) is 16.1 Å². The maximum absolute atomic E-state index is 13.2. The number of aromatic amines is 1. The monoisotopic (exact) mass is 423 g/mol. The van der Waals surface area contributed by atoms with Crippen LogP contribution in [0.2, 0.25) is 0 Å². The van der Waals surface area contributed by atoms with Crippen molar-refractivity contribution in [3.63, 3.8) is 0 Å². The molecule has 0 atom stereocenters. The molecule has 7 heteroatoms. The van der Waals surface area contributed by atoms with Crippen molar-refractivity contribution < 1.29 is 9.53 Å². The van der Waals surface area contributed by atoms with Gasteiger partial charge in [-0.1, -0.05) is 30.3 Å². The van der Waals surface area contributed by atoms with Gasteiger partial charge in [0.25, 0.3) is 5.91 Å². The number of amides is 1. The first-order valence-corrected chi connectivity index (χ1v) is 10.2. The lowest BCUT2D eigenvalue weighted by molar-refractivity contribution is 0.0944. The minimum absolute atomic E-state index is 0.181. The van der Waals surface area contributed by atoms with E-state index in [4.69, 9.17) is 9.72 Å². The fraction of sp³-hybridized carbons (Fsp3) is 0.0800. The second-order valence-corrected chi connectivity index (χ2v) is 7.33. The summed E-state index contributed by atoms with van der Waals surface area (Å²) in [5.41, 5.74) is 4.72. The SMILES string of the molecule is COc1cccc(CNC(=O)c2cc3ccc(-c4cn[nH]c4)nc3n2-c2ccccc2)c1. The maximum Gasteiger partial charge on any atom is 0.268 e. The Morgan fingerprint density at radius 2 is 1.94 bits per heavy atom. The molecule has 3 aromatic heterocycles. The van der Waals surface area contributed by atoms with E-state index >= 15 is 0 Å². The van der Waals surface area contributed by atoms with Gasteiger partial charge in [0.15, 0.2) is 0 Å². The number of nitrogens with zero attached hydrogens (tertiary/aromatic N) is 3. The Kier molecular flexibility index (Phi) is 5.13. The van der Waals surface area contributed by atoms with Crippen molar-refractivity contribution in [2.75, 3.05) is 7.11 Å². The zero-order valence-corrected chi connectivity index (χ0v) is 17.4. The number of fused-ring (bicyclic) bond motifs is 1. The van der Waals surface area contributed by atoms with E-state index in [1.165, 1.54) is 0 Å². The van der Waals surface area contributed by atoms with Crippen molar-refractivity contribution >= 4 is 16.9 Å². The van der Waals surface area contributed by atoms with Crippen LogP contribution in [0.5, 0.6) is 5.75 Å². The summed E-state index contributed by atoms with van der Waals surface area (Å²) in [5.74, 6) is 0.575. The van der Waals surface area contributed by atoms with E-state index < -0.39 is 0 Å². The first-order chi connectivity index (χ1) is 15.7. The first kappa shape index (κ1) is 19.6. The Morgan fingerprint density at radius 3 is 2.72 bits per heavy atom. The number of pyridine rings is 1. The minimum Gasteiger partial charge on any atom is -0.497 e. The van der Waals surface area contributed by atoms with Crippen molar-refractivity contribution in [2.24, 2.45) is 0 Å². The van der Waals surface area contributed by atoms with Crippen molar-refractivity contribution in [1.29, 1.82) is 0 Å². The minimum atomic E-state index is -0.181. The number of hydrogen-bond donors (Lipinski definition) is 2. The fourth-order valence-corrected chi connectivity index (χ4v) is 3.69. The van der Waals surface area contributed by atoms with Gasteiger partial charge in [0.2, 0.25) is 0 Å². The van der Waals surface area contributed by atoms with Gasteiger partial charge < -0.3 is 10.1 Å². The third-order valence-electron chi connectivity index (χ3n) is 5.28. The van der Waals surface area contributed by atoms with Gasteiger partial charge in [-0.2, -0.15) is 5.10 Å². The number of methoxy groups -OCH3 is 1. The van der Waals surface area contributed by atoms with Gasteiger partial charge in [-0.05, 0) is 48.0 Å². The van der Waals surface area contributed by atoms with Gasteiger partial charge in [0.05, 0.1) is 19.0 Å². The van der Waals surface area contributed by atoms with Crippen LogP contribution >= 0.6 is 0 Å². The Morgan fingerprint density at radius 1 is 1.06 bits per heavy atom. The molecule has 0 aliphatic carbocycles. The molecule has 5 aromatic rings. The summed E-state index contributed by atoms with van der Waals surface area (Å²) in [4.78, 5) is 18.1. The Bertz CT molecular complexity index is 1370. The summed E-state index contributed by atoms with van der Waals surface area (Å²) in [6.45, 7) is 0.389. The number of benzene rings is 2. The van der Waals surface area contributed by atoms with Crippen LogP contribution in [0, 0.1) is 0 Å². The average molecular weight is 423 g/mol. The number of aromatic nitrogens is 4. The van der Waals surface area contributed by atoms with E-state index in [-0.39, 0.29) is 5.91 Å². The lowest BCUT2D eigenvalue weighted by Crippen LogP contribution is -2.25. The zero-order chi connectivity index (χ0) is 21.9. The number of ether oxygens (including phenoxy) is 1. The summed E-state index contributed by atoms with van der Waals surface area (Å²) in [6, 6.07) is 23.2. The molecule has 5 rings (SSSR count). The van der Waals surface area contributed by atoms with E-state index in [9.17, 15) is 4.79 Å². The second kappa shape index (κ2) is 8.39. The second-order valence-electron chi connectivity index (χ2n) is 7.33. The van der Waals surface area contributed by atoms with Gasteiger partial charge >= 0.3 is 0 Å². The molecular weight excluding hydrogens is 402 g/mol. The molecular formula is C25H21N5O2. The maximum atomic E-state index is 13.2. The predicted octanol–water partition coefficient (Wildman–Crippen LogP) is 4.35. The van der Waals surface area contributed by atoms with E-state index in [0.717, 1.165) is 33.6 Å². The van der Waals surface area contributed by atoms with E-state index in [1.54, 1.807) is 19.5 Å². The Balaban J connectivity index is 1.54. The van der Waals surface area contributed by atoms with E-state index in [2.05, 4.69) is 15.5 Å². The van der Waals surface area contributed by atoms with E-state index in [0.29, 0.717) is 17.9 Å². The molecule has 1 amide bonds. The fourth-order valence-electron chi connectivity index (χ4n) is 3.69. The van der Waals surface area contributed by atoms with Gasteiger partial charge in [-0.15, -0.1) is 0 Å². The van der Waals surface area contributed by atoms with Crippen LogP contribution in [0.3, 0.4) is 0 Å². The molecule has 0 spiro atoms. The normalized spacial score (nSPS) is 10.9. The first-order valence-electron chi connectivity index (χ1n) is 10.2. The summed E-state index contributed by atoms with van der Waals surface area (Å²) < 4.78 is 7.16. The number of H-pyrrole nitrogens is 1. The van der Waals surface area contributed by atoms with Gasteiger partial charge in [0, 0.05) is 29.4 Å². The molecule has 0 radical (unpaired) electrons. The molecule has 32 heavy (non-hydrogen) atoms. The molecule has 0 bridgehead atoms. The molecule has 0 aliphatic rings. The topological polar surface area (TPSA) is 84.8 Å². The summed E-state index contributed by atoms with van der Waals surface area (Å²) in [6.07, 6.45) is 3.53. The zero-order valence-electron chi connectivity index (χ0n) is 17.4. The third-order valence-corrected chi connectivity index (χ3v) is 5.28. The number of para-hydroxylation sites is 1. The van der Waals surface area contributed by atoms with Crippen LogP contribution in [0.15, 0.2) is 85.2 Å². The van der Waals surface area contributed by atoms with Crippen molar-refractivity contribution in [3.05, 3.63) is 96.4 Å². The van der Waals surface area contributed by atoms with Crippen LogP contribution < -0.4 is 10.1 Å². The molecule has 0 fully saturated rings. The quantitative estimate of drug-likeness (QED) is 0.425. The Hall–Kier alpha value is -4.39. The summed E-state index contributed by atoms with van der Waals surface area (Å²) in [5, 5.41) is 10.7. The highest BCUT2D eigenvalue weighted by atomic mass is 16.5. The third kappa shape index (κ3) is 3.72. The molecule has 0 unspecified atom stereocenters. The molecule has 0 aliphatic heterocycles. The number of carbonyl (C=O) groups excluding carboxylic acids is 1. The molecule has 2 N–H and O–H groups in total. The number of rotatable bonds is 6. The molecule has 3 heterocycles. The van der Waals surface area contributed by atoms with Gasteiger partial charge in [-0.25, -0.2) is 4.98 Å². The lowest BCUT2D eigenvalue weighted by atomic mass is 10.2. The standard InChI is InChI=1S/C25H21N5O2/c1-32-21-9-5-6-17(12-21)14-26-25(31)23-13-18-10-11-22(19-15-27-28-16-19)29-24(18)30(23)20-7-3-2-4-8-20/h2-13,15-16H,14H2,1H3,(H,26,31)(H,27,28). The van der Waals surface area contributed by atoms with Crippen LogP contribution in [0.4, 0.5) is 0 Å². The average Bonchev–Trinajstić information content (AvgIpc) is 3.51. The smallest absolute Gasteiger partial charge is 0.268 e. The number of hydrogen-bond acceptors (Lipinski definition) is 4. The number of carbonyl (C=O) groups is 1. The largest absolute Gasteiger partial charge is 0.497 e. The van der Waals surface area contributed by atoms with Gasteiger partial charge in [0.1, 0.15) is 17.1 Å². The van der Waals surface area contributed by atoms with Gasteiger partial charge in [-0.3, -0.25) is 14.5 Å². The van der Waals surface area contributed by atoms with Crippen molar-refractivity contribution in [1.82, 2.24) is 25.1 Å². The highest BCUT2D eigenvalue weighted by Crippen LogP contribution is 2.26. The van der Waals surface area contributed by atoms with Crippen LogP contribution in [0.25, 0.3) is 28.0 Å². The highest BCUT2D eigenvalue weighted by Gasteiger charge is 2.18. The molecule has 0 saturated heterocycles. The summed E-state index contributed by atoms with van der Waals surface area (Å²) >= 11 is 0. The number of nitrogens with one attached hydrogen (secondary N) is 2. The van der Waals surface area contributed by atoms with Crippen molar-refractivity contribution in [3.8, 4) is 22.7 Å². The van der Waals surface area contributed by atoms with Crippen LogP contribution in [-0.2, 0) is 6.54 Å². The Labute approximate surface area is 184 Å². The predicted molar refractivity (Wildman–Crippen MR) is 123 cm³/mol. The molecule has 2 aromatic carbocycles. The van der Waals surface area contributed by atoms with E-state index in [1.807, 2.05) is 77.4 Å². The highest BCUT2D eigenvalue weighted by molar-refractivity contribution is 5.99.